The van der Waals surface area contributed by atoms with Crippen molar-refractivity contribution in [3.05, 3.63) is 52.0 Å². The van der Waals surface area contributed by atoms with Crippen molar-refractivity contribution in [2.75, 3.05) is 11.1 Å². The van der Waals surface area contributed by atoms with E-state index in [9.17, 15) is 4.79 Å². The zero-order valence-corrected chi connectivity index (χ0v) is 15.1. The van der Waals surface area contributed by atoms with Crippen LogP contribution >= 0.6 is 11.3 Å². The molecular weight excluding hydrogens is 318 g/mol. The first kappa shape index (κ1) is 16.5. The molecule has 2 aromatic heterocycles. The zero-order valence-electron chi connectivity index (χ0n) is 14.3. The Hall–Kier alpha value is -2.40. The number of hydrogen-bond donors (Lipinski definition) is 2. The standard InChI is InChI=1S/C19H21N3OS/c1-10(2)14-9-8-13-15(20)17(24-19(13)21-14)18(23)22-16-11(3)6-5-7-12(16)4/h5-10H,20H2,1-4H3,(H,22,23). The number of carbonyl (C=O) groups is 1. The molecule has 4 nitrogen and oxygen atoms in total. The van der Waals surface area contributed by atoms with Gasteiger partial charge in [-0.25, -0.2) is 4.98 Å². The lowest BCUT2D eigenvalue weighted by molar-refractivity contribution is 0.103. The number of aryl methyl sites for hydroxylation is 2. The number of carbonyl (C=O) groups excluding carboxylic acids is 1. The van der Waals surface area contributed by atoms with Crippen molar-refractivity contribution in [3.8, 4) is 0 Å². The average Bonchev–Trinajstić information content (AvgIpc) is 2.87. The molecule has 0 saturated carbocycles. The number of rotatable bonds is 3. The van der Waals surface area contributed by atoms with E-state index in [1.807, 2.05) is 44.2 Å². The van der Waals surface area contributed by atoms with Crippen LogP contribution in [0.15, 0.2) is 30.3 Å². The van der Waals surface area contributed by atoms with Gasteiger partial charge in [0.25, 0.3) is 5.91 Å². The van der Waals surface area contributed by atoms with E-state index in [1.54, 1.807) is 0 Å². The molecule has 0 aliphatic rings. The molecule has 0 saturated heterocycles. The third-order valence-corrected chi connectivity index (χ3v) is 5.25. The first-order valence-corrected chi connectivity index (χ1v) is 8.76. The first-order chi connectivity index (χ1) is 11.4. The van der Waals surface area contributed by atoms with E-state index >= 15 is 0 Å². The van der Waals surface area contributed by atoms with Gasteiger partial charge in [0.2, 0.25) is 0 Å². The van der Waals surface area contributed by atoms with Gasteiger partial charge in [-0.05, 0) is 43.0 Å². The number of para-hydroxylation sites is 1. The summed E-state index contributed by atoms with van der Waals surface area (Å²) in [5.74, 6) is 0.156. The highest BCUT2D eigenvalue weighted by Crippen LogP contribution is 2.34. The molecule has 0 spiro atoms. The van der Waals surface area contributed by atoms with E-state index in [2.05, 4.69) is 24.1 Å². The summed E-state index contributed by atoms with van der Waals surface area (Å²) in [6.45, 7) is 8.15. The predicted octanol–water partition coefficient (Wildman–Crippen LogP) is 4.87. The molecule has 2 heterocycles. The van der Waals surface area contributed by atoms with Crippen LogP contribution in [0.1, 0.15) is 46.3 Å². The summed E-state index contributed by atoms with van der Waals surface area (Å²) in [7, 11) is 0. The van der Waals surface area contributed by atoms with E-state index in [1.165, 1.54) is 11.3 Å². The highest BCUT2D eigenvalue weighted by molar-refractivity contribution is 7.21. The fourth-order valence-corrected chi connectivity index (χ4v) is 3.68. The molecule has 124 valence electrons. The van der Waals surface area contributed by atoms with Gasteiger partial charge in [-0.3, -0.25) is 4.79 Å². The summed E-state index contributed by atoms with van der Waals surface area (Å²) in [5, 5.41) is 3.84. The molecule has 0 radical (unpaired) electrons. The normalized spacial score (nSPS) is 11.2. The number of nitrogens with two attached hydrogens (primary N) is 1. The van der Waals surface area contributed by atoms with Gasteiger partial charge in [0.05, 0.1) is 5.69 Å². The quantitative estimate of drug-likeness (QED) is 0.715. The van der Waals surface area contributed by atoms with Gasteiger partial charge in [-0.2, -0.15) is 0 Å². The second kappa shape index (κ2) is 6.24. The molecule has 0 atom stereocenters. The summed E-state index contributed by atoms with van der Waals surface area (Å²) in [6, 6.07) is 9.87. The number of aromatic nitrogens is 1. The Labute approximate surface area is 145 Å². The Kier molecular flexibility index (Phi) is 4.28. The Morgan fingerprint density at radius 1 is 1.17 bits per heavy atom. The van der Waals surface area contributed by atoms with E-state index < -0.39 is 0 Å². The van der Waals surface area contributed by atoms with Crippen LogP contribution < -0.4 is 11.1 Å². The molecule has 1 amide bonds. The van der Waals surface area contributed by atoms with Crippen LogP contribution in [0.2, 0.25) is 0 Å². The molecule has 0 bridgehead atoms. The minimum atomic E-state index is -0.181. The van der Waals surface area contributed by atoms with Gasteiger partial charge in [0.1, 0.15) is 9.71 Å². The molecule has 1 aromatic carbocycles. The molecule has 24 heavy (non-hydrogen) atoms. The van der Waals surface area contributed by atoms with E-state index in [0.29, 0.717) is 16.5 Å². The monoisotopic (exact) mass is 339 g/mol. The fraction of sp³-hybridized carbons (Fsp3) is 0.263. The zero-order chi connectivity index (χ0) is 17.4. The van der Waals surface area contributed by atoms with Crippen molar-refractivity contribution in [2.45, 2.75) is 33.6 Å². The van der Waals surface area contributed by atoms with Gasteiger partial charge in [-0.15, -0.1) is 11.3 Å². The molecule has 3 aromatic rings. The van der Waals surface area contributed by atoms with Crippen molar-refractivity contribution in [1.82, 2.24) is 4.98 Å². The summed E-state index contributed by atoms with van der Waals surface area (Å²) >= 11 is 1.35. The number of thiophene rings is 1. The molecule has 3 rings (SSSR count). The van der Waals surface area contributed by atoms with E-state index in [0.717, 1.165) is 32.7 Å². The van der Waals surface area contributed by atoms with Gasteiger partial charge < -0.3 is 11.1 Å². The lowest BCUT2D eigenvalue weighted by atomic mass is 10.1. The summed E-state index contributed by atoms with van der Waals surface area (Å²) < 4.78 is 0. The van der Waals surface area contributed by atoms with Crippen LogP contribution in [-0.2, 0) is 0 Å². The van der Waals surface area contributed by atoms with Crippen LogP contribution in [0.5, 0.6) is 0 Å². The maximum Gasteiger partial charge on any atom is 0.267 e. The topological polar surface area (TPSA) is 68.0 Å². The van der Waals surface area contributed by atoms with Gasteiger partial charge in [0.15, 0.2) is 0 Å². The number of nitrogens with zero attached hydrogens (tertiary/aromatic N) is 1. The molecule has 0 fully saturated rings. The van der Waals surface area contributed by atoms with Gasteiger partial charge in [-0.1, -0.05) is 32.0 Å². The number of fused-ring (bicyclic) bond motifs is 1. The van der Waals surface area contributed by atoms with E-state index in [4.69, 9.17) is 5.73 Å². The minimum Gasteiger partial charge on any atom is -0.397 e. The summed E-state index contributed by atoms with van der Waals surface area (Å²) in [5.41, 5.74) is 10.6. The number of anilines is 2. The SMILES string of the molecule is Cc1cccc(C)c1NC(=O)c1sc2nc(C(C)C)ccc2c1N. The largest absolute Gasteiger partial charge is 0.397 e. The number of nitrogen functional groups attached to an aromatic ring is 1. The van der Waals surface area contributed by atoms with Gasteiger partial charge in [0, 0.05) is 16.8 Å². The van der Waals surface area contributed by atoms with Crippen LogP contribution in [0.4, 0.5) is 11.4 Å². The van der Waals surface area contributed by atoms with Crippen LogP contribution in [0.25, 0.3) is 10.2 Å². The smallest absolute Gasteiger partial charge is 0.267 e. The maximum absolute atomic E-state index is 12.7. The molecule has 3 N–H and O–H groups in total. The van der Waals surface area contributed by atoms with Crippen molar-refractivity contribution in [3.63, 3.8) is 0 Å². The average molecular weight is 339 g/mol. The summed E-state index contributed by atoms with van der Waals surface area (Å²) in [4.78, 5) is 18.7. The van der Waals surface area contributed by atoms with Crippen LogP contribution in [-0.4, -0.2) is 10.9 Å². The van der Waals surface area contributed by atoms with Crippen LogP contribution in [0.3, 0.4) is 0 Å². The lowest BCUT2D eigenvalue weighted by Crippen LogP contribution is -2.13. The minimum absolute atomic E-state index is 0.181. The molecule has 0 aliphatic heterocycles. The highest BCUT2D eigenvalue weighted by atomic mass is 32.1. The number of amides is 1. The molecule has 0 aliphatic carbocycles. The Bertz CT molecular complexity index is 908. The van der Waals surface area contributed by atoms with Crippen LogP contribution in [0, 0.1) is 13.8 Å². The Balaban J connectivity index is 1.99. The fourth-order valence-electron chi connectivity index (χ4n) is 2.68. The maximum atomic E-state index is 12.7. The first-order valence-electron chi connectivity index (χ1n) is 7.95. The number of pyridine rings is 1. The second-order valence-electron chi connectivity index (χ2n) is 6.31. The molecular formula is C19H21N3OS. The number of nitrogens with one attached hydrogen (secondary N) is 1. The van der Waals surface area contributed by atoms with Crippen molar-refractivity contribution >= 4 is 38.8 Å². The highest BCUT2D eigenvalue weighted by Gasteiger charge is 2.19. The molecule has 0 unspecified atom stereocenters. The number of hydrogen-bond acceptors (Lipinski definition) is 4. The van der Waals surface area contributed by atoms with E-state index in [-0.39, 0.29) is 5.91 Å². The third-order valence-electron chi connectivity index (χ3n) is 4.13. The number of benzene rings is 1. The lowest BCUT2D eigenvalue weighted by Gasteiger charge is -2.10. The van der Waals surface area contributed by atoms with Crippen molar-refractivity contribution in [1.29, 1.82) is 0 Å². The second-order valence-corrected chi connectivity index (χ2v) is 7.31. The third kappa shape index (κ3) is 2.87. The molecule has 5 heteroatoms. The predicted molar refractivity (Wildman–Crippen MR) is 102 cm³/mol. The van der Waals surface area contributed by atoms with Gasteiger partial charge >= 0.3 is 0 Å². The van der Waals surface area contributed by atoms with Crippen molar-refractivity contribution < 1.29 is 4.79 Å². The Morgan fingerprint density at radius 3 is 2.46 bits per heavy atom. The van der Waals surface area contributed by atoms with Crippen molar-refractivity contribution in [2.24, 2.45) is 0 Å². The Morgan fingerprint density at radius 2 is 1.83 bits per heavy atom. The summed E-state index contributed by atoms with van der Waals surface area (Å²) in [6.07, 6.45) is 0.